The van der Waals surface area contributed by atoms with E-state index in [9.17, 15) is 0 Å². The zero-order chi connectivity index (χ0) is 18.3. The molecule has 1 aliphatic rings. The first-order valence-corrected chi connectivity index (χ1v) is 8.85. The van der Waals surface area contributed by atoms with E-state index in [-0.39, 0.29) is 24.0 Å². The molecule has 0 heterocycles. The van der Waals surface area contributed by atoms with Gasteiger partial charge in [0.05, 0.1) is 21.3 Å². The van der Waals surface area contributed by atoms with Crippen LogP contribution in [0.1, 0.15) is 38.2 Å². The first-order valence-electron chi connectivity index (χ1n) is 8.85. The average molecular weight is 477 g/mol. The Labute approximate surface area is 174 Å². The van der Waals surface area contributed by atoms with Gasteiger partial charge in [0.15, 0.2) is 17.5 Å². The smallest absolute Gasteiger partial charge is 0.203 e. The SMILES string of the molecule is CCC1(CNC(=NC)NCc2ccc(OC)c(OC)c2OC)CCC1.I. The number of hydrogen-bond acceptors (Lipinski definition) is 4. The lowest BCUT2D eigenvalue weighted by Crippen LogP contribution is -2.46. The molecule has 0 amide bonds. The van der Waals surface area contributed by atoms with Gasteiger partial charge >= 0.3 is 0 Å². The molecule has 1 saturated carbocycles. The summed E-state index contributed by atoms with van der Waals surface area (Å²) in [7, 11) is 6.65. The third-order valence-corrected chi connectivity index (χ3v) is 5.25. The summed E-state index contributed by atoms with van der Waals surface area (Å²) in [4.78, 5) is 4.33. The monoisotopic (exact) mass is 477 g/mol. The lowest BCUT2D eigenvalue weighted by molar-refractivity contribution is 0.131. The Hall–Kier alpha value is -1.38. The van der Waals surface area contributed by atoms with E-state index in [0.29, 0.717) is 29.2 Å². The van der Waals surface area contributed by atoms with Crippen LogP contribution in [-0.4, -0.2) is 40.9 Å². The van der Waals surface area contributed by atoms with Crippen LogP contribution in [0.25, 0.3) is 0 Å². The van der Waals surface area contributed by atoms with E-state index in [2.05, 4.69) is 22.5 Å². The van der Waals surface area contributed by atoms with Crippen molar-refractivity contribution < 1.29 is 14.2 Å². The molecule has 2 N–H and O–H groups in total. The van der Waals surface area contributed by atoms with E-state index in [1.807, 2.05) is 12.1 Å². The van der Waals surface area contributed by atoms with Gasteiger partial charge in [0, 0.05) is 25.7 Å². The molecule has 2 rings (SSSR count). The Kier molecular flexibility index (Phi) is 9.32. The third-order valence-electron chi connectivity index (χ3n) is 5.25. The maximum absolute atomic E-state index is 5.53. The van der Waals surface area contributed by atoms with Crippen molar-refractivity contribution in [3.05, 3.63) is 17.7 Å². The number of hydrogen-bond donors (Lipinski definition) is 2. The van der Waals surface area contributed by atoms with E-state index in [0.717, 1.165) is 18.1 Å². The van der Waals surface area contributed by atoms with E-state index in [1.54, 1.807) is 28.4 Å². The van der Waals surface area contributed by atoms with Gasteiger partial charge in [-0.3, -0.25) is 4.99 Å². The van der Waals surface area contributed by atoms with Crippen molar-refractivity contribution in [2.45, 2.75) is 39.2 Å². The number of halogens is 1. The number of benzene rings is 1. The highest BCUT2D eigenvalue weighted by atomic mass is 127. The second-order valence-electron chi connectivity index (χ2n) is 6.48. The number of guanidine groups is 1. The van der Waals surface area contributed by atoms with Crippen molar-refractivity contribution in [1.82, 2.24) is 10.6 Å². The van der Waals surface area contributed by atoms with E-state index >= 15 is 0 Å². The Balaban J connectivity index is 0.00000338. The molecule has 0 aliphatic heterocycles. The van der Waals surface area contributed by atoms with Crippen LogP contribution in [0, 0.1) is 5.41 Å². The van der Waals surface area contributed by atoms with Crippen LogP contribution in [-0.2, 0) is 6.54 Å². The summed E-state index contributed by atoms with van der Waals surface area (Å²) in [5.74, 6) is 2.73. The molecule has 1 fully saturated rings. The second-order valence-corrected chi connectivity index (χ2v) is 6.48. The molecule has 1 aromatic carbocycles. The van der Waals surface area contributed by atoms with Crippen LogP contribution in [0.3, 0.4) is 0 Å². The number of ether oxygens (including phenoxy) is 3. The molecule has 0 unspecified atom stereocenters. The largest absolute Gasteiger partial charge is 0.493 e. The summed E-state index contributed by atoms with van der Waals surface area (Å²) in [6, 6.07) is 3.86. The van der Waals surface area contributed by atoms with Crippen molar-refractivity contribution in [2.75, 3.05) is 34.9 Å². The zero-order valence-electron chi connectivity index (χ0n) is 16.5. The molecule has 26 heavy (non-hydrogen) atoms. The molecular formula is C19H32IN3O3. The summed E-state index contributed by atoms with van der Waals surface area (Å²) in [6.07, 6.45) is 5.15. The van der Waals surface area contributed by atoms with E-state index in [4.69, 9.17) is 14.2 Å². The van der Waals surface area contributed by atoms with Gasteiger partial charge in [-0.2, -0.15) is 0 Å². The Bertz CT molecular complexity index is 598. The molecule has 1 aliphatic carbocycles. The third kappa shape index (κ3) is 5.08. The van der Waals surface area contributed by atoms with Gasteiger partial charge < -0.3 is 24.8 Å². The molecule has 0 atom stereocenters. The predicted octanol–water partition coefficient (Wildman–Crippen LogP) is 3.58. The number of rotatable bonds is 8. The lowest BCUT2D eigenvalue weighted by atomic mass is 9.67. The van der Waals surface area contributed by atoms with Crippen molar-refractivity contribution in [3.8, 4) is 17.2 Å². The minimum atomic E-state index is 0. The Morgan fingerprint density at radius 1 is 1.08 bits per heavy atom. The van der Waals surface area contributed by atoms with Crippen LogP contribution in [0.2, 0.25) is 0 Å². The van der Waals surface area contributed by atoms with Gasteiger partial charge in [-0.05, 0) is 36.8 Å². The van der Waals surface area contributed by atoms with Crippen molar-refractivity contribution in [2.24, 2.45) is 10.4 Å². The van der Waals surface area contributed by atoms with Crippen LogP contribution in [0.5, 0.6) is 17.2 Å². The summed E-state index contributed by atoms with van der Waals surface area (Å²) < 4.78 is 16.3. The minimum Gasteiger partial charge on any atom is -0.493 e. The van der Waals surface area contributed by atoms with Gasteiger partial charge in [-0.1, -0.05) is 13.3 Å². The number of nitrogens with zero attached hydrogens (tertiary/aromatic N) is 1. The summed E-state index contributed by atoms with van der Waals surface area (Å²) in [6.45, 7) is 3.82. The highest BCUT2D eigenvalue weighted by Gasteiger charge is 2.34. The summed E-state index contributed by atoms with van der Waals surface area (Å²) >= 11 is 0. The molecule has 1 aromatic rings. The van der Waals surface area contributed by atoms with Crippen molar-refractivity contribution in [3.63, 3.8) is 0 Å². The standard InChI is InChI=1S/C19H31N3O3.HI/c1-6-19(10-7-11-19)13-22-18(20-2)21-12-14-8-9-15(23-3)17(25-5)16(14)24-4;/h8-9H,6-7,10-13H2,1-5H3,(H2,20,21,22);1H. The highest BCUT2D eigenvalue weighted by Crippen LogP contribution is 2.43. The van der Waals surface area contributed by atoms with Crippen LogP contribution in [0.15, 0.2) is 17.1 Å². The molecule has 0 radical (unpaired) electrons. The second kappa shape index (κ2) is 10.7. The number of aliphatic imine (C=N–C) groups is 1. The van der Waals surface area contributed by atoms with Gasteiger partial charge in [-0.15, -0.1) is 24.0 Å². The highest BCUT2D eigenvalue weighted by molar-refractivity contribution is 14.0. The predicted molar refractivity (Wildman–Crippen MR) is 116 cm³/mol. The molecule has 0 aromatic heterocycles. The lowest BCUT2D eigenvalue weighted by Gasteiger charge is -2.41. The normalized spacial score (nSPS) is 15.3. The van der Waals surface area contributed by atoms with Gasteiger partial charge in [0.1, 0.15) is 0 Å². The quantitative estimate of drug-likeness (QED) is 0.341. The molecule has 0 spiro atoms. The van der Waals surface area contributed by atoms with E-state index in [1.165, 1.54) is 25.7 Å². The van der Waals surface area contributed by atoms with Gasteiger partial charge in [-0.25, -0.2) is 0 Å². The van der Waals surface area contributed by atoms with Gasteiger partial charge in [0.2, 0.25) is 5.75 Å². The fourth-order valence-corrected chi connectivity index (χ4v) is 3.31. The fourth-order valence-electron chi connectivity index (χ4n) is 3.31. The maximum atomic E-state index is 5.53. The molecule has 148 valence electrons. The summed E-state index contributed by atoms with van der Waals surface area (Å²) in [5, 5.41) is 6.82. The van der Waals surface area contributed by atoms with Crippen LogP contribution in [0.4, 0.5) is 0 Å². The molecule has 0 saturated heterocycles. The fraction of sp³-hybridized carbons (Fsp3) is 0.632. The molecular weight excluding hydrogens is 445 g/mol. The Morgan fingerprint density at radius 2 is 1.77 bits per heavy atom. The number of methoxy groups -OCH3 is 3. The van der Waals surface area contributed by atoms with Crippen molar-refractivity contribution in [1.29, 1.82) is 0 Å². The van der Waals surface area contributed by atoms with Gasteiger partial charge in [0.25, 0.3) is 0 Å². The Morgan fingerprint density at radius 3 is 2.23 bits per heavy atom. The van der Waals surface area contributed by atoms with E-state index < -0.39 is 0 Å². The average Bonchev–Trinajstić information content (AvgIpc) is 2.62. The molecule has 6 nitrogen and oxygen atoms in total. The zero-order valence-corrected chi connectivity index (χ0v) is 18.8. The molecule has 7 heteroatoms. The minimum absolute atomic E-state index is 0. The maximum Gasteiger partial charge on any atom is 0.203 e. The first kappa shape index (κ1) is 22.7. The summed E-state index contributed by atoms with van der Waals surface area (Å²) in [5.41, 5.74) is 1.43. The van der Waals surface area contributed by atoms with Crippen LogP contribution < -0.4 is 24.8 Å². The molecule has 0 bridgehead atoms. The van der Waals surface area contributed by atoms with Crippen molar-refractivity contribution >= 4 is 29.9 Å². The van der Waals surface area contributed by atoms with Crippen LogP contribution >= 0.6 is 24.0 Å². The number of nitrogens with one attached hydrogen (secondary N) is 2. The topological polar surface area (TPSA) is 64.1 Å². The first-order chi connectivity index (χ1) is 12.1.